The van der Waals surface area contributed by atoms with Crippen molar-refractivity contribution in [3.05, 3.63) is 45.8 Å². The second-order valence-electron chi connectivity index (χ2n) is 4.09. The van der Waals surface area contributed by atoms with Crippen LogP contribution in [0.3, 0.4) is 0 Å². The van der Waals surface area contributed by atoms with Gasteiger partial charge in [-0.25, -0.2) is 9.78 Å². The highest BCUT2D eigenvalue weighted by atomic mass is 79.9. The SMILES string of the molecule is COC(=O)c1nc2nccc(-c3ccc(Br)cc3Cl)n2n1. The van der Waals surface area contributed by atoms with Crippen LogP contribution in [0, 0.1) is 0 Å². The summed E-state index contributed by atoms with van der Waals surface area (Å²) in [5.74, 6) is -0.370. The Morgan fingerprint density at radius 3 is 2.90 bits per heavy atom. The number of carbonyl (C=O) groups excluding carboxylic acids is 1. The van der Waals surface area contributed by atoms with Crippen molar-refractivity contribution in [2.45, 2.75) is 0 Å². The van der Waals surface area contributed by atoms with Crippen molar-refractivity contribution >= 4 is 39.3 Å². The molecule has 3 rings (SSSR count). The number of esters is 1. The van der Waals surface area contributed by atoms with Crippen molar-refractivity contribution in [1.29, 1.82) is 0 Å². The van der Waals surface area contributed by atoms with Gasteiger partial charge < -0.3 is 4.74 Å². The lowest BCUT2D eigenvalue weighted by Gasteiger charge is -2.06. The average molecular weight is 368 g/mol. The van der Waals surface area contributed by atoms with E-state index in [1.54, 1.807) is 18.3 Å². The largest absolute Gasteiger partial charge is 0.463 e. The van der Waals surface area contributed by atoms with Crippen molar-refractivity contribution in [3.8, 4) is 11.3 Å². The maximum absolute atomic E-state index is 11.5. The van der Waals surface area contributed by atoms with Crippen LogP contribution in [0.25, 0.3) is 17.0 Å². The van der Waals surface area contributed by atoms with Gasteiger partial charge in [-0.3, -0.25) is 0 Å². The Morgan fingerprint density at radius 2 is 2.19 bits per heavy atom. The fraction of sp³-hybridized carbons (Fsp3) is 0.0769. The molecule has 0 aliphatic rings. The van der Waals surface area contributed by atoms with Gasteiger partial charge in [-0.05, 0) is 18.2 Å². The predicted octanol–water partition coefficient (Wildman–Crippen LogP) is 2.99. The second-order valence-corrected chi connectivity index (χ2v) is 5.42. The van der Waals surface area contributed by atoms with Crippen LogP contribution in [0.15, 0.2) is 34.9 Å². The molecule has 0 N–H and O–H groups in total. The standard InChI is InChI=1S/C13H8BrClN4O2/c1-21-12(20)11-17-13-16-5-4-10(19(13)18-11)8-3-2-7(14)6-9(8)15/h2-6H,1H3. The van der Waals surface area contributed by atoms with Crippen LogP contribution in [-0.2, 0) is 4.74 Å². The predicted molar refractivity (Wildman–Crippen MR) is 80.3 cm³/mol. The van der Waals surface area contributed by atoms with Crippen molar-refractivity contribution in [1.82, 2.24) is 19.6 Å². The lowest BCUT2D eigenvalue weighted by atomic mass is 10.1. The molecule has 3 aromatic rings. The Bertz CT molecular complexity index is 849. The molecule has 0 aliphatic carbocycles. The third kappa shape index (κ3) is 2.50. The van der Waals surface area contributed by atoms with Gasteiger partial charge in [-0.1, -0.05) is 33.6 Å². The number of hydrogen-bond acceptors (Lipinski definition) is 5. The summed E-state index contributed by atoms with van der Waals surface area (Å²) in [5.41, 5.74) is 1.44. The molecule has 0 saturated heterocycles. The van der Waals surface area contributed by atoms with Gasteiger partial charge in [0, 0.05) is 16.2 Å². The molecule has 0 bridgehead atoms. The highest BCUT2D eigenvalue weighted by Gasteiger charge is 2.17. The first-order valence-electron chi connectivity index (χ1n) is 5.85. The maximum Gasteiger partial charge on any atom is 0.378 e. The number of halogens is 2. The summed E-state index contributed by atoms with van der Waals surface area (Å²) in [6, 6.07) is 7.24. The summed E-state index contributed by atoms with van der Waals surface area (Å²) in [6.07, 6.45) is 1.58. The molecule has 0 fully saturated rings. The van der Waals surface area contributed by atoms with E-state index in [9.17, 15) is 4.79 Å². The molecule has 2 aromatic heterocycles. The van der Waals surface area contributed by atoms with Crippen LogP contribution >= 0.6 is 27.5 Å². The van der Waals surface area contributed by atoms with E-state index in [2.05, 4.69) is 35.7 Å². The quantitative estimate of drug-likeness (QED) is 0.651. The van der Waals surface area contributed by atoms with Gasteiger partial charge in [0.1, 0.15) is 0 Å². The molecule has 2 heterocycles. The third-order valence-corrected chi connectivity index (χ3v) is 3.62. The van der Waals surface area contributed by atoms with Gasteiger partial charge in [0.05, 0.1) is 17.8 Å². The molecule has 0 unspecified atom stereocenters. The topological polar surface area (TPSA) is 69.4 Å². The first-order valence-corrected chi connectivity index (χ1v) is 7.03. The lowest BCUT2D eigenvalue weighted by Crippen LogP contribution is -2.04. The van der Waals surface area contributed by atoms with E-state index in [1.165, 1.54) is 11.6 Å². The highest BCUT2D eigenvalue weighted by molar-refractivity contribution is 9.10. The number of benzene rings is 1. The fourth-order valence-electron chi connectivity index (χ4n) is 1.87. The van der Waals surface area contributed by atoms with E-state index in [-0.39, 0.29) is 5.82 Å². The zero-order valence-corrected chi connectivity index (χ0v) is 13.1. The van der Waals surface area contributed by atoms with Crippen molar-refractivity contribution in [2.24, 2.45) is 0 Å². The number of rotatable bonds is 2. The Morgan fingerprint density at radius 1 is 1.38 bits per heavy atom. The lowest BCUT2D eigenvalue weighted by molar-refractivity contribution is 0.0587. The summed E-state index contributed by atoms with van der Waals surface area (Å²) in [4.78, 5) is 19.6. The fourth-order valence-corrected chi connectivity index (χ4v) is 2.64. The molecule has 1 aromatic carbocycles. The molecule has 0 aliphatic heterocycles. The van der Waals surface area contributed by atoms with Crippen LogP contribution in [0.4, 0.5) is 0 Å². The minimum atomic E-state index is -0.617. The summed E-state index contributed by atoms with van der Waals surface area (Å²) in [6.45, 7) is 0. The first-order chi connectivity index (χ1) is 10.1. The zero-order chi connectivity index (χ0) is 15.0. The number of fused-ring (bicyclic) bond motifs is 1. The van der Waals surface area contributed by atoms with Crippen LogP contribution in [0.5, 0.6) is 0 Å². The number of ether oxygens (including phenoxy) is 1. The number of carbonyl (C=O) groups is 1. The van der Waals surface area contributed by atoms with E-state index >= 15 is 0 Å². The third-order valence-electron chi connectivity index (χ3n) is 2.82. The average Bonchev–Trinajstić information content (AvgIpc) is 2.90. The highest BCUT2D eigenvalue weighted by Crippen LogP contribution is 2.30. The van der Waals surface area contributed by atoms with Gasteiger partial charge in [0.25, 0.3) is 11.6 Å². The monoisotopic (exact) mass is 366 g/mol. The van der Waals surface area contributed by atoms with E-state index in [0.717, 1.165) is 10.0 Å². The zero-order valence-electron chi connectivity index (χ0n) is 10.7. The molecule has 0 amide bonds. The summed E-state index contributed by atoms with van der Waals surface area (Å²) in [7, 11) is 1.27. The van der Waals surface area contributed by atoms with Gasteiger partial charge in [0.15, 0.2) is 0 Å². The van der Waals surface area contributed by atoms with Gasteiger partial charge in [0.2, 0.25) is 0 Å². The second kappa shape index (κ2) is 5.42. The number of nitrogens with zero attached hydrogens (tertiary/aromatic N) is 4. The van der Waals surface area contributed by atoms with Crippen molar-refractivity contribution in [3.63, 3.8) is 0 Å². The molecule has 0 radical (unpaired) electrons. The van der Waals surface area contributed by atoms with Gasteiger partial charge in [-0.2, -0.15) is 9.50 Å². The number of aromatic nitrogens is 4. The molecule has 0 atom stereocenters. The van der Waals surface area contributed by atoms with Gasteiger partial charge in [-0.15, -0.1) is 5.10 Å². The van der Waals surface area contributed by atoms with E-state index in [0.29, 0.717) is 16.5 Å². The summed E-state index contributed by atoms with van der Waals surface area (Å²) >= 11 is 9.62. The van der Waals surface area contributed by atoms with E-state index in [1.807, 2.05) is 12.1 Å². The Kier molecular flexibility index (Phi) is 3.60. The minimum Gasteiger partial charge on any atom is -0.463 e. The Balaban J connectivity index is 2.23. The van der Waals surface area contributed by atoms with E-state index < -0.39 is 5.97 Å². The smallest absolute Gasteiger partial charge is 0.378 e. The summed E-state index contributed by atoms with van der Waals surface area (Å²) < 4.78 is 6.94. The number of methoxy groups -OCH3 is 1. The molecular formula is C13H8BrClN4O2. The Hall–Kier alpha value is -1.99. The molecule has 21 heavy (non-hydrogen) atoms. The van der Waals surface area contributed by atoms with Crippen molar-refractivity contribution in [2.75, 3.05) is 7.11 Å². The minimum absolute atomic E-state index is 0.0503. The van der Waals surface area contributed by atoms with Crippen molar-refractivity contribution < 1.29 is 9.53 Å². The maximum atomic E-state index is 11.5. The van der Waals surface area contributed by atoms with Crippen LogP contribution in [0.2, 0.25) is 5.02 Å². The number of hydrogen-bond donors (Lipinski definition) is 0. The molecule has 106 valence electrons. The normalized spacial score (nSPS) is 10.8. The Labute approximate surface area is 132 Å². The molecule has 8 heteroatoms. The van der Waals surface area contributed by atoms with Gasteiger partial charge >= 0.3 is 5.97 Å². The summed E-state index contributed by atoms with van der Waals surface area (Å²) in [5, 5.41) is 4.67. The van der Waals surface area contributed by atoms with Crippen LogP contribution < -0.4 is 0 Å². The molecule has 0 saturated carbocycles. The van der Waals surface area contributed by atoms with Crippen LogP contribution in [-0.4, -0.2) is 32.7 Å². The molecule has 0 spiro atoms. The first kappa shape index (κ1) is 14.0. The molecular weight excluding hydrogens is 360 g/mol. The van der Waals surface area contributed by atoms with E-state index in [4.69, 9.17) is 11.6 Å². The van der Waals surface area contributed by atoms with Crippen LogP contribution in [0.1, 0.15) is 10.6 Å². The molecule has 6 nitrogen and oxygen atoms in total.